The van der Waals surface area contributed by atoms with Gasteiger partial charge in [0.1, 0.15) is 0 Å². The minimum Gasteiger partial charge on any atom is -0.385 e. The highest BCUT2D eigenvalue weighted by atomic mass is 16.5. The lowest BCUT2D eigenvalue weighted by molar-refractivity contribution is 0.0954. The van der Waals surface area contributed by atoms with Crippen molar-refractivity contribution in [2.24, 2.45) is 4.99 Å². The Morgan fingerprint density at radius 1 is 1.10 bits per heavy atom. The van der Waals surface area contributed by atoms with Gasteiger partial charge in [0.05, 0.1) is 0 Å². The summed E-state index contributed by atoms with van der Waals surface area (Å²) < 4.78 is 4.98. The Kier molecular flexibility index (Phi) is 8.63. The molecule has 6 heteroatoms. The highest BCUT2D eigenvalue weighted by Gasteiger charge is 2.03. The van der Waals surface area contributed by atoms with Gasteiger partial charge < -0.3 is 20.7 Å². The van der Waals surface area contributed by atoms with Crippen LogP contribution in [-0.2, 0) is 4.74 Å². The molecule has 1 aromatic carbocycles. The lowest BCUT2D eigenvalue weighted by atomic mass is 10.2. The number of nitrogens with zero attached hydrogens (tertiary/aromatic N) is 1. The lowest BCUT2D eigenvalue weighted by Crippen LogP contribution is -2.42. The maximum Gasteiger partial charge on any atom is 0.251 e. The maximum absolute atomic E-state index is 11.8. The Morgan fingerprint density at radius 2 is 1.76 bits per heavy atom. The molecule has 0 aliphatic heterocycles. The van der Waals surface area contributed by atoms with Gasteiger partial charge in [-0.25, -0.2) is 0 Å². The van der Waals surface area contributed by atoms with Crippen LogP contribution >= 0.6 is 0 Å². The number of hydrogen-bond acceptors (Lipinski definition) is 3. The van der Waals surface area contributed by atoms with Gasteiger partial charge >= 0.3 is 0 Å². The first kappa shape index (κ1) is 17.0. The minimum absolute atomic E-state index is 0.0690. The number of benzene rings is 1. The summed E-state index contributed by atoms with van der Waals surface area (Å²) in [7, 11) is 3.40. The number of hydrogen-bond donors (Lipinski definition) is 3. The van der Waals surface area contributed by atoms with Gasteiger partial charge in [-0.15, -0.1) is 0 Å². The van der Waals surface area contributed by atoms with E-state index in [0.717, 1.165) is 25.5 Å². The second kappa shape index (κ2) is 10.7. The van der Waals surface area contributed by atoms with E-state index in [9.17, 15) is 4.79 Å². The summed E-state index contributed by atoms with van der Waals surface area (Å²) in [6.45, 7) is 2.66. The summed E-state index contributed by atoms with van der Waals surface area (Å²) in [6.07, 6.45) is 0.919. The number of guanidine groups is 1. The van der Waals surface area contributed by atoms with Gasteiger partial charge in [0.25, 0.3) is 5.91 Å². The molecule has 0 spiro atoms. The molecule has 0 aliphatic carbocycles. The summed E-state index contributed by atoms with van der Waals surface area (Å²) in [5, 5.41) is 9.16. The van der Waals surface area contributed by atoms with Crippen molar-refractivity contribution in [3.8, 4) is 0 Å². The van der Waals surface area contributed by atoms with Crippen LogP contribution in [0.4, 0.5) is 0 Å². The molecule has 0 fully saturated rings. The van der Waals surface area contributed by atoms with Gasteiger partial charge in [0.15, 0.2) is 5.96 Å². The molecule has 21 heavy (non-hydrogen) atoms. The Bertz CT molecular complexity index is 435. The molecule has 1 aromatic rings. The van der Waals surface area contributed by atoms with Crippen molar-refractivity contribution < 1.29 is 9.53 Å². The van der Waals surface area contributed by atoms with Crippen LogP contribution in [0.3, 0.4) is 0 Å². The molecule has 1 rings (SSSR count). The second-order valence-electron chi connectivity index (χ2n) is 4.39. The van der Waals surface area contributed by atoms with Gasteiger partial charge in [-0.05, 0) is 18.6 Å². The maximum atomic E-state index is 11.8. The van der Waals surface area contributed by atoms with Gasteiger partial charge in [-0.2, -0.15) is 0 Å². The van der Waals surface area contributed by atoms with Crippen LogP contribution in [0, 0.1) is 0 Å². The van der Waals surface area contributed by atoms with Crippen molar-refractivity contribution in [1.82, 2.24) is 16.0 Å². The van der Waals surface area contributed by atoms with Crippen LogP contribution in [0.2, 0.25) is 0 Å². The summed E-state index contributed by atoms with van der Waals surface area (Å²) in [5.41, 5.74) is 0.666. The zero-order valence-corrected chi connectivity index (χ0v) is 12.7. The Hall–Kier alpha value is -2.08. The van der Waals surface area contributed by atoms with E-state index in [-0.39, 0.29) is 5.91 Å². The molecule has 0 heterocycles. The monoisotopic (exact) mass is 292 g/mol. The van der Waals surface area contributed by atoms with Crippen LogP contribution < -0.4 is 16.0 Å². The predicted octanol–water partition coefficient (Wildman–Crippen LogP) is 0.618. The Labute approximate surface area is 126 Å². The molecule has 1 amide bonds. The molecule has 0 saturated carbocycles. The van der Waals surface area contributed by atoms with Crippen LogP contribution in [0.25, 0.3) is 0 Å². The summed E-state index contributed by atoms with van der Waals surface area (Å²) >= 11 is 0. The standard InChI is InChI=1S/C15H24N4O2/c1-16-15(18-9-6-12-21-2)19-11-10-17-14(20)13-7-4-3-5-8-13/h3-5,7-8H,6,9-12H2,1-2H3,(H,17,20)(H2,16,18,19). The van der Waals surface area contributed by atoms with E-state index in [0.29, 0.717) is 18.7 Å². The molecule has 0 saturated heterocycles. The second-order valence-corrected chi connectivity index (χ2v) is 4.39. The average molecular weight is 292 g/mol. The SMILES string of the molecule is CN=C(NCCCOC)NCCNC(=O)c1ccccc1. The van der Waals surface area contributed by atoms with E-state index in [1.54, 1.807) is 26.3 Å². The highest BCUT2D eigenvalue weighted by molar-refractivity contribution is 5.94. The summed E-state index contributed by atoms with van der Waals surface area (Å²) in [4.78, 5) is 15.9. The molecule has 0 atom stereocenters. The number of carbonyl (C=O) groups excluding carboxylic acids is 1. The van der Waals surface area contributed by atoms with E-state index in [2.05, 4.69) is 20.9 Å². The normalized spacial score (nSPS) is 11.0. The predicted molar refractivity (Wildman–Crippen MR) is 84.6 cm³/mol. The molecule has 116 valence electrons. The summed E-state index contributed by atoms with van der Waals surface area (Å²) in [6, 6.07) is 9.16. The fourth-order valence-corrected chi connectivity index (χ4v) is 1.69. The van der Waals surface area contributed by atoms with Crippen LogP contribution in [-0.4, -0.2) is 52.3 Å². The Balaban J connectivity index is 2.16. The number of carbonyl (C=O) groups is 1. The van der Waals surface area contributed by atoms with Crippen molar-refractivity contribution in [1.29, 1.82) is 0 Å². The zero-order valence-electron chi connectivity index (χ0n) is 12.7. The first-order valence-corrected chi connectivity index (χ1v) is 7.04. The number of methoxy groups -OCH3 is 1. The third-order valence-electron chi connectivity index (χ3n) is 2.78. The first-order chi connectivity index (χ1) is 10.3. The van der Waals surface area contributed by atoms with Crippen LogP contribution in [0.1, 0.15) is 16.8 Å². The molecule has 0 radical (unpaired) electrons. The number of amides is 1. The smallest absolute Gasteiger partial charge is 0.251 e. The number of nitrogens with one attached hydrogen (secondary N) is 3. The first-order valence-electron chi connectivity index (χ1n) is 7.04. The lowest BCUT2D eigenvalue weighted by Gasteiger charge is -2.12. The third kappa shape index (κ3) is 7.31. The molecular formula is C15H24N4O2. The highest BCUT2D eigenvalue weighted by Crippen LogP contribution is 1.96. The minimum atomic E-state index is -0.0690. The van der Waals surface area contributed by atoms with E-state index < -0.39 is 0 Å². The number of rotatable bonds is 8. The fourth-order valence-electron chi connectivity index (χ4n) is 1.69. The fraction of sp³-hybridized carbons (Fsp3) is 0.467. The third-order valence-corrected chi connectivity index (χ3v) is 2.78. The number of ether oxygens (including phenoxy) is 1. The van der Waals surface area contributed by atoms with Gasteiger partial charge in [0.2, 0.25) is 0 Å². The molecule has 0 aromatic heterocycles. The molecule has 0 bridgehead atoms. The molecule has 0 aliphatic rings. The molecule has 0 unspecified atom stereocenters. The number of aliphatic imine (C=N–C) groups is 1. The van der Waals surface area contributed by atoms with Crippen LogP contribution in [0.5, 0.6) is 0 Å². The molecule has 3 N–H and O–H groups in total. The van der Waals surface area contributed by atoms with Crippen molar-refractivity contribution >= 4 is 11.9 Å². The van der Waals surface area contributed by atoms with Crippen molar-refractivity contribution in [3.05, 3.63) is 35.9 Å². The van der Waals surface area contributed by atoms with E-state index in [1.165, 1.54) is 0 Å². The van der Waals surface area contributed by atoms with E-state index >= 15 is 0 Å². The van der Waals surface area contributed by atoms with Crippen molar-refractivity contribution in [2.45, 2.75) is 6.42 Å². The summed E-state index contributed by atoms with van der Waals surface area (Å²) in [5.74, 6) is 0.653. The largest absolute Gasteiger partial charge is 0.385 e. The topological polar surface area (TPSA) is 74.8 Å². The van der Waals surface area contributed by atoms with Crippen molar-refractivity contribution in [2.75, 3.05) is 40.4 Å². The van der Waals surface area contributed by atoms with Gasteiger partial charge in [-0.1, -0.05) is 18.2 Å². The van der Waals surface area contributed by atoms with Gasteiger partial charge in [0, 0.05) is 46.0 Å². The average Bonchev–Trinajstić information content (AvgIpc) is 2.54. The zero-order chi connectivity index (χ0) is 15.3. The quantitative estimate of drug-likeness (QED) is 0.373. The Morgan fingerprint density at radius 3 is 2.43 bits per heavy atom. The van der Waals surface area contributed by atoms with E-state index in [1.807, 2.05) is 18.2 Å². The van der Waals surface area contributed by atoms with Crippen molar-refractivity contribution in [3.63, 3.8) is 0 Å². The molecular weight excluding hydrogens is 268 g/mol. The molecule has 6 nitrogen and oxygen atoms in total. The van der Waals surface area contributed by atoms with E-state index in [4.69, 9.17) is 4.74 Å². The van der Waals surface area contributed by atoms with Crippen LogP contribution in [0.15, 0.2) is 35.3 Å². The van der Waals surface area contributed by atoms with Gasteiger partial charge in [-0.3, -0.25) is 9.79 Å².